The Kier molecular flexibility index (Phi) is 5.69. The number of alkyl halides is 3. The third kappa shape index (κ3) is 4.74. The van der Waals surface area contributed by atoms with Crippen LogP contribution in [0.4, 0.5) is 13.2 Å². The Labute approximate surface area is 132 Å². The van der Waals surface area contributed by atoms with Gasteiger partial charge in [0.2, 0.25) is 0 Å². The summed E-state index contributed by atoms with van der Waals surface area (Å²) in [5.41, 5.74) is 0.686. The van der Waals surface area contributed by atoms with Crippen LogP contribution < -0.4 is 14.8 Å². The number of nitriles is 1. The van der Waals surface area contributed by atoms with Crippen LogP contribution >= 0.6 is 0 Å². The Bertz CT molecular complexity index is 566. The number of nitrogens with zero attached hydrogens (tertiary/aromatic N) is 2. The van der Waals surface area contributed by atoms with Crippen LogP contribution in [0, 0.1) is 11.3 Å². The normalized spacial score (nSPS) is 17.3. The van der Waals surface area contributed by atoms with Gasteiger partial charge in [0.1, 0.15) is 11.5 Å². The lowest BCUT2D eigenvalue weighted by Crippen LogP contribution is -2.45. The lowest BCUT2D eigenvalue weighted by Gasteiger charge is -2.34. The van der Waals surface area contributed by atoms with Crippen molar-refractivity contribution in [3.63, 3.8) is 0 Å². The molecule has 1 aliphatic heterocycles. The first-order valence-electron chi connectivity index (χ1n) is 7.20. The third-order valence-corrected chi connectivity index (χ3v) is 3.67. The average molecular weight is 329 g/mol. The molecule has 1 N–H and O–H groups in total. The molecule has 0 spiro atoms. The highest BCUT2D eigenvalue weighted by molar-refractivity contribution is 5.43. The molecule has 0 unspecified atom stereocenters. The van der Waals surface area contributed by atoms with Crippen molar-refractivity contribution in [3.8, 4) is 17.6 Å². The van der Waals surface area contributed by atoms with Gasteiger partial charge in [-0.15, -0.1) is 13.2 Å². The van der Waals surface area contributed by atoms with Gasteiger partial charge in [-0.25, -0.2) is 0 Å². The molecule has 8 heteroatoms. The first kappa shape index (κ1) is 17.4. The zero-order chi connectivity index (χ0) is 16.9. The number of methoxy groups -OCH3 is 1. The quantitative estimate of drug-likeness (QED) is 0.899. The molecule has 1 heterocycles. The summed E-state index contributed by atoms with van der Waals surface area (Å²) >= 11 is 0. The highest BCUT2D eigenvalue weighted by Gasteiger charge is 2.32. The number of ether oxygens (including phenoxy) is 2. The minimum absolute atomic E-state index is 0.225. The van der Waals surface area contributed by atoms with Crippen LogP contribution in [0.25, 0.3) is 0 Å². The maximum absolute atomic E-state index is 12.3. The third-order valence-electron chi connectivity index (χ3n) is 3.67. The van der Waals surface area contributed by atoms with E-state index in [1.807, 2.05) is 0 Å². The minimum Gasteiger partial charge on any atom is -0.496 e. The second-order valence-electron chi connectivity index (χ2n) is 5.12. The van der Waals surface area contributed by atoms with Crippen molar-refractivity contribution in [2.45, 2.75) is 18.8 Å². The summed E-state index contributed by atoms with van der Waals surface area (Å²) in [7, 11) is 1.39. The predicted molar refractivity (Wildman–Crippen MR) is 77.1 cm³/mol. The zero-order valence-corrected chi connectivity index (χ0v) is 12.7. The molecule has 1 aromatic carbocycles. The summed E-state index contributed by atoms with van der Waals surface area (Å²) in [6.07, 6.45) is -4.52. The monoisotopic (exact) mass is 329 g/mol. The molecular weight excluding hydrogens is 311 g/mol. The predicted octanol–water partition coefficient (Wildman–Crippen LogP) is 2.45. The summed E-state index contributed by atoms with van der Waals surface area (Å²) < 4.78 is 46.1. The molecule has 1 aliphatic rings. The molecule has 1 saturated heterocycles. The van der Waals surface area contributed by atoms with Gasteiger partial charge in [0.15, 0.2) is 0 Å². The Balaban J connectivity index is 2.29. The van der Waals surface area contributed by atoms with E-state index in [-0.39, 0.29) is 24.0 Å². The first-order valence-corrected chi connectivity index (χ1v) is 7.20. The lowest BCUT2D eigenvalue weighted by atomic mass is 10.0. The van der Waals surface area contributed by atoms with Gasteiger partial charge in [-0.05, 0) is 6.07 Å². The van der Waals surface area contributed by atoms with Crippen LogP contribution in [0.1, 0.15) is 18.0 Å². The number of rotatable bonds is 5. The van der Waals surface area contributed by atoms with Crippen LogP contribution in [0.5, 0.6) is 11.5 Å². The highest BCUT2D eigenvalue weighted by Crippen LogP contribution is 2.36. The van der Waals surface area contributed by atoms with Crippen molar-refractivity contribution in [2.75, 3.05) is 33.3 Å². The van der Waals surface area contributed by atoms with Crippen LogP contribution in [0.15, 0.2) is 18.2 Å². The number of nitrogens with one attached hydrogen (secondary N) is 1. The highest BCUT2D eigenvalue weighted by atomic mass is 19.4. The average Bonchev–Trinajstić information content (AvgIpc) is 2.52. The van der Waals surface area contributed by atoms with Crippen molar-refractivity contribution < 1.29 is 22.6 Å². The van der Waals surface area contributed by atoms with Gasteiger partial charge in [-0.2, -0.15) is 5.26 Å². The molecule has 1 atom stereocenters. The van der Waals surface area contributed by atoms with E-state index < -0.39 is 6.36 Å². The van der Waals surface area contributed by atoms with Gasteiger partial charge < -0.3 is 14.8 Å². The molecule has 0 saturated carbocycles. The van der Waals surface area contributed by atoms with Crippen molar-refractivity contribution in [1.82, 2.24) is 10.2 Å². The van der Waals surface area contributed by atoms with Gasteiger partial charge in [0, 0.05) is 37.8 Å². The number of benzene rings is 1. The fourth-order valence-corrected chi connectivity index (χ4v) is 2.68. The van der Waals surface area contributed by atoms with Crippen molar-refractivity contribution in [2.24, 2.45) is 0 Å². The summed E-state index contributed by atoms with van der Waals surface area (Å²) in [6, 6.07) is 5.90. The largest absolute Gasteiger partial charge is 0.573 e. The Morgan fingerprint density at radius 2 is 2.04 bits per heavy atom. The lowest BCUT2D eigenvalue weighted by molar-refractivity contribution is -0.274. The van der Waals surface area contributed by atoms with E-state index in [4.69, 9.17) is 10.00 Å². The van der Waals surface area contributed by atoms with Crippen molar-refractivity contribution in [1.29, 1.82) is 5.26 Å². The Hall–Kier alpha value is -1.98. The van der Waals surface area contributed by atoms with Crippen LogP contribution in [-0.2, 0) is 0 Å². The Morgan fingerprint density at radius 1 is 1.35 bits per heavy atom. The van der Waals surface area contributed by atoms with Gasteiger partial charge in [0.05, 0.1) is 25.6 Å². The smallest absolute Gasteiger partial charge is 0.496 e. The van der Waals surface area contributed by atoms with E-state index in [1.165, 1.54) is 25.3 Å². The first-order chi connectivity index (χ1) is 10.9. The maximum atomic E-state index is 12.3. The number of hydrogen-bond acceptors (Lipinski definition) is 5. The minimum atomic E-state index is -4.75. The maximum Gasteiger partial charge on any atom is 0.573 e. The summed E-state index contributed by atoms with van der Waals surface area (Å²) in [5.74, 6) is -0.0559. The molecule has 0 radical (unpaired) electrons. The standard InChI is InChI=1S/C15H18F3N3O2/c1-22-14-10-11(23-15(16,17)18)2-3-12(14)13(4-5-19)21-8-6-20-7-9-21/h2-3,10,13,20H,4,6-9H2,1H3/t13-/m1/s1. The van der Waals surface area contributed by atoms with Crippen LogP contribution in [0.2, 0.25) is 0 Å². The van der Waals surface area contributed by atoms with Crippen LogP contribution in [-0.4, -0.2) is 44.6 Å². The second-order valence-corrected chi connectivity index (χ2v) is 5.12. The molecular formula is C15H18F3N3O2. The molecule has 126 valence electrons. The molecule has 5 nitrogen and oxygen atoms in total. The molecule has 0 aromatic heterocycles. The van der Waals surface area contributed by atoms with E-state index in [2.05, 4.69) is 21.0 Å². The molecule has 1 aromatic rings. The molecule has 2 rings (SSSR count). The molecule has 0 aliphatic carbocycles. The fraction of sp³-hybridized carbons (Fsp3) is 0.533. The summed E-state index contributed by atoms with van der Waals surface area (Å²) in [5, 5.41) is 12.3. The molecule has 23 heavy (non-hydrogen) atoms. The van der Waals surface area contributed by atoms with Gasteiger partial charge in [-0.3, -0.25) is 4.90 Å². The number of piperazine rings is 1. The van der Waals surface area contributed by atoms with Gasteiger partial charge >= 0.3 is 6.36 Å². The number of halogens is 3. The van der Waals surface area contributed by atoms with E-state index in [1.54, 1.807) is 0 Å². The zero-order valence-electron chi connectivity index (χ0n) is 12.7. The summed E-state index contributed by atoms with van der Waals surface area (Å²) in [4.78, 5) is 2.13. The Morgan fingerprint density at radius 3 is 2.61 bits per heavy atom. The van der Waals surface area contributed by atoms with Crippen molar-refractivity contribution in [3.05, 3.63) is 23.8 Å². The molecule has 0 bridgehead atoms. The second kappa shape index (κ2) is 7.53. The van der Waals surface area contributed by atoms with E-state index >= 15 is 0 Å². The van der Waals surface area contributed by atoms with Crippen molar-refractivity contribution >= 4 is 0 Å². The number of hydrogen-bond donors (Lipinski definition) is 1. The molecule has 1 fully saturated rings. The SMILES string of the molecule is COc1cc(OC(F)(F)F)ccc1[C@@H](CC#N)N1CCNCC1. The fourth-order valence-electron chi connectivity index (χ4n) is 2.68. The van der Waals surface area contributed by atoms with Gasteiger partial charge in [-0.1, -0.05) is 6.07 Å². The van der Waals surface area contributed by atoms with E-state index in [9.17, 15) is 13.2 Å². The van der Waals surface area contributed by atoms with Gasteiger partial charge in [0.25, 0.3) is 0 Å². The topological polar surface area (TPSA) is 57.5 Å². The van der Waals surface area contributed by atoms with Crippen LogP contribution in [0.3, 0.4) is 0 Å². The van der Waals surface area contributed by atoms with E-state index in [0.717, 1.165) is 26.2 Å². The molecule has 0 amide bonds. The van der Waals surface area contributed by atoms with E-state index in [0.29, 0.717) is 5.56 Å². The summed E-state index contributed by atoms with van der Waals surface area (Å²) in [6.45, 7) is 3.13.